The van der Waals surface area contributed by atoms with Crippen LogP contribution in [0.15, 0.2) is 36.4 Å². The van der Waals surface area contributed by atoms with Crippen LogP contribution in [0.2, 0.25) is 0 Å². The molecule has 1 atom stereocenters. The van der Waals surface area contributed by atoms with Gasteiger partial charge >= 0.3 is 0 Å². The van der Waals surface area contributed by atoms with E-state index in [-0.39, 0.29) is 0 Å². The number of aryl methyl sites for hydroxylation is 3. The lowest BCUT2D eigenvalue weighted by Crippen LogP contribution is -2.03. The fourth-order valence-electron chi connectivity index (χ4n) is 2.14. The molecule has 2 heteroatoms. The summed E-state index contributed by atoms with van der Waals surface area (Å²) in [5, 5.41) is 10.4. The summed E-state index contributed by atoms with van der Waals surface area (Å²) in [6.07, 6.45) is -0.617. The molecule has 0 amide bonds. The SMILES string of the molecule is Cc1ccc(C(O)c2ccc(C)c(N)c2)c(C)c1. The lowest BCUT2D eigenvalue weighted by Gasteiger charge is -2.16. The van der Waals surface area contributed by atoms with E-state index in [0.29, 0.717) is 0 Å². The lowest BCUT2D eigenvalue weighted by molar-refractivity contribution is 0.219. The Morgan fingerprint density at radius 1 is 0.944 bits per heavy atom. The van der Waals surface area contributed by atoms with Crippen molar-refractivity contribution in [1.82, 2.24) is 0 Å². The minimum atomic E-state index is -0.617. The van der Waals surface area contributed by atoms with E-state index in [4.69, 9.17) is 5.73 Å². The highest BCUT2D eigenvalue weighted by Gasteiger charge is 2.13. The summed E-state index contributed by atoms with van der Waals surface area (Å²) in [5.41, 5.74) is 11.7. The first kappa shape index (κ1) is 12.7. The van der Waals surface area contributed by atoms with E-state index in [1.165, 1.54) is 5.56 Å². The number of nitrogens with two attached hydrogens (primary N) is 1. The minimum Gasteiger partial charge on any atom is -0.399 e. The van der Waals surface area contributed by atoms with E-state index in [2.05, 4.69) is 6.07 Å². The summed E-state index contributed by atoms with van der Waals surface area (Å²) in [6, 6.07) is 11.8. The number of nitrogen functional groups attached to an aromatic ring is 1. The fourth-order valence-corrected chi connectivity index (χ4v) is 2.14. The van der Waals surface area contributed by atoms with Crippen LogP contribution in [0.4, 0.5) is 5.69 Å². The zero-order valence-corrected chi connectivity index (χ0v) is 11.1. The molecule has 18 heavy (non-hydrogen) atoms. The molecule has 1 unspecified atom stereocenters. The Labute approximate surface area is 108 Å². The van der Waals surface area contributed by atoms with Crippen molar-refractivity contribution >= 4 is 5.69 Å². The average molecular weight is 241 g/mol. The monoisotopic (exact) mass is 241 g/mol. The summed E-state index contributed by atoms with van der Waals surface area (Å²) in [6.45, 7) is 6.03. The molecule has 2 aromatic carbocycles. The van der Waals surface area contributed by atoms with Gasteiger partial charge < -0.3 is 10.8 Å². The molecule has 0 aliphatic rings. The molecule has 2 nitrogen and oxygen atoms in total. The largest absolute Gasteiger partial charge is 0.399 e. The summed E-state index contributed by atoms with van der Waals surface area (Å²) in [7, 11) is 0. The minimum absolute atomic E-state index is 0.617. The van der Waals surface area contributed by atoms with Crippen molar-refractivity contribution in [3.63, 3.8) is 0 Å². The molecule has 0 aromatic heterocycles. The number of rotatable bonds is 2. The maximum atomic E-state index is 10.4. The van der Waals surface area contributed by atoms with Crippen molar-refractivity contribution in [1.29, 1.82) is 0 Å². The van der Waals surface area contributed by atoms with Crippen LogP contribution in [0.5, 0.6) is 0 Å². The van der Waals surface area contributed by atoms with Gasteiger partial charge in [-0.05, 0) is 49.1 Å². The number of benzene rings is 2. The smallest absolute Gasteiger partial charge is 0.104 e. The first-order chi connectivity index (χ1) is 8.49. The molecular formula is C16H19NO. The van der Waals surface area contributed by atoms with E-state index < -0.39 is 6.10 Å². The molecule has 2 aromatic rings. The van der Waals surface area contributed by atoms with Crippen LogP contribution in [-0.2, 0) is 0 Å². The second kappa shape index (κ2) is 4.83. The van der Waals surface area contributed by atoms with Gasteiger partial charge in [0.15, 0.2) is 0 Å². The second-order valence-electron chi connectivity index (χ2n) is 4.88. The van der Waals surface area contributed by atoms with Crippen LogP contribution in [0.25, 0.3) is 0 Å². The van der Waals surface area contributed by atoms with Gasteiger partial charge in [-0.3, -0.25) is 0 Å². The van der Waals surface area contributed by atoms with Crippen molar-refractivity contribution in [2.45, 2.75) is 26.9 Å². The molecule has 0 radical (unpaired) electrons. The number of hydrogen-bond acceptors (Lipinski definition) is 2. The quantitative estimate of drug-likeness (QED) is 0.793. The van der Waals surface area contributed by atoms with Crippen LogP contribution in [0.1, 0.15) is 33.9 Å². The van der Waals surface area contributed by atoms with Gasteiger partial charge in [-0.1, -0.05) is 35.9 Å². The standard InChI is InChI=1S/C16H19NO/c1-10-4-7-14(12(3)8-10)16(18)13-6-5-11(2)15(17)9-13/h4-9,16,18H,17H2,1-3H3. The van der Waals surface area contributed by atoms with Crippen molar-refractivity contribution in [2.24, 2.45) is 0 Å². The molecule has 0 aliphatic heterocycles. The van der Waals surface area contributed by atoms with Crippen LogP contribution >= 0.6 is 0 Å². The zero-order valence-electron chi connectivity index (χ0n) is 11.1. The van der Waals surface area contributed by atoms with Crippen LogP contribution in [0, 0.1) is 20.8 Å². The van der Waals surface area contributed by atoms with Crippen molar-refractivity contribution < 1.29 is 5.11 Å². The summed E-state index contributed by atoms with van der Waals surface area (Å²) < 4.78 is 0. The van der Waals surface area contributed by atoms with E-state index >= 15 is 0 Å². The molecule has 0 aliphatic carbocycles. The van der Waals surface area contributed by atoms with Crippen molar-refractivity contribution in [3.8, 4) is 0 Å². The van der Waals surface area contributed by atoms with Gasteiger partial charge in [-0.25, -0.2) is 0 Å². The Hall–Kier alpha value is -1.80. The van der Waals surface area contributed by atoms with Gasteiger partial charge in [-0.15, -0.1) is 0 Å². The Morgan fingerprint density at radius 2 is 1.67 bits per heavy atom. The van der Waals surface area contributed by atoms with Gasteiger partial charge in [0.1, 0.15) is 6.10 Å². The lowest BCUT2D eigenvalue weighted by atomic mass is 9.95. The molecule has 0 saturated carbocycles. The Morgan fingerprint density at radius 3 is 2.28 bits per heavy atom. The molecule has 2 rings (SSSR count). The van der Waals surface area contributed by atoms with Gasteiger partial charge in [0.25, 0.3) is 0 Å². The van der Waals surface area contributed by atoms with Gasteiger partial charge in [0.05, 0.1) is 0 Å². The fraction of sp³-hybridized carbons (Fsp3) is 0.250. The van der Waals surface area contributed by atoms with Gasteiger partial charge in [-0.2, -0.15) is 0 Å². The Kier molecular flexibility index (Phi) is 3.39. The maximum Gasteiger partial charge on any atom is 0.104 e. The number of aliphatic hydroxyl groups is 1. The molecule has 0 spiro atoms. The third-order valence-corrected chi connectivity index (χ3v) is 3.34. The van der Waals surface area contributed by atoms with Crippen LogP contribution < -0.4 is 5.73 Å². The van der Waals surface area contributed by atoms with Gasteiger partial charge in [0, 0.05) is 5.69 Å². The first-order valence-corrected chi connectivity index (χ1v) is 6.10. The first-order valence-electron chi connectivity index (χ1n) is 6.10. The summed E-state index contributed by atoms with van der Waals surface area (Å²) >= 11 is 0. The molecule has 0 bridgehead atoms. The normalized spacial score (nSPS) is 12.4. The third kappa shape index (κ3) is 2.39. The van der Waals surface area contributed by atoms with E-state index in [0.717, 1.165) is 27.9 Å². The predicted octanol–water partition coefficient (Wildman–Crippen LogP) is 3.28. The summed E-state index contributed by atoms with van der Waals surface area (Å²) in [4.78, 5) is 0. The molecule has 0 fully saturated rings. The Bertz CT molecular complexity index is 575. The van der Waals surface area contributed by atoms with E-state index in [9.17, 15) is 5.11 Å². The topological polar surface area (TPSA) is 46.2 Å². The van der Waals surface area contributed by atoms with Crippen LogP contribution in [0.3, 0.4) is 0 Å². The zero-order chi connectivity index (χ0) is 13.3. The Balaban J connectivity index is 2.41. The van der Waals surface area contributed by atoms with E-state index in [1.54, 1.807) is 0 Å². The highest BCUT2D eigenvalue weighted by molar-refractivity contribution is 5.50. The summed E-state index contributed by atoms with van der Waals surface area (Å²) in [5.74, 6) is 0. The molecule has 3 N–H and O–H groups in total. The third-order valence-electron chi connectivity index (χ3n) is 3.34. The molecular weight excluding hydrogens is 222 g/mol. The van der Waals surface area contributed by atoms with E-state index in [1.807, 2.05) is 51.1 Å². The number of aliphatic hydroxyl groups excluding tert-OH is 1. The van der Waals surface area contributed by atoms with Gasteiger partial charge in [0.2, 0.25) is 0 Å². The molecule has 0 heterocycles. The molecule has 94 valence electrons. The highest BCUT2D eigenvalue weighted by atomic mass is 16.3. The van der Waals surface area contributed by atoms with Crippen molar-refractivity contribution in [2.75, 3.05) is 5.73 Å². The maximum absolute atomic E-state index is 10.4. The molecule has 0 saturated heterocycles. The van der Waals surface area contributed by atoms with Crippen LogP contribution in [-0.4, -0.2) is 5.11 Å². The average Bonchev–Trinajstić information content (AvgIpc) is 2.32. The highest BCUT2D eigenvalue weighted by Crippen LogP contribution is 2.27. The number of hydrogen-bond donors (Lipinski definition) is 2. The number of anilines is 1. The predicted molar refractivity (Wildman–Crippen MR) is 75.6 cm³/mol. The second-order valence-corrected chi connectivity index (χ2v) is 4.88. The van der Waals surface area contributed by atoms with Crippen molar-refractivity contribution in [3.05, 3.63) is 64.2 Å².